The number of sulfonamides is 1. The lowest BCUT2D eigenvalue weighted by molar-refractivity contribution is -0.117. The Morgan fingerprint density at radius 2 is 1.70 bits per heavy atom. The van der Waals surface area contributed by atoms with Gasteiger partial charge in [0.2, 0.25) is 15.9 Å². The molecule has 0 fully saturated rings. The molecule has 0 heterocycles. The average Bonchev–Trinajstić information content (AvgIpc) is 2.57. The molecule has 0 aromatic heterocycles. The molecule has 1 N–H and O–H groups in total. The third-order valence-electron chi connectivity index (χ3n) is 4.47. The highest BCUT2D eigenvalue weighted by atomic mass is 35.5. The zero-order chi connectivity index (χ0) is 20.4. The maximum Gasteiger partial charge on any atom is 0.248 e. The molecule has 2 aromatic rings. The van der Waals surface area contributed by atoms with E-state index in [2.05, 4.69) is 5.32 Å². The molecule has 27 heavy (non-hydrogen) atoms. The summed E-state index contributed by atoms with van der Waals surface area (Å²) in [6.45, 7) is 7.42. The second kappa shape index (κ2) is 8.31. The number of hydrogen-bond donors (Lipinski definition) is 1. The topological polar surface area (TPSA) is 66.5 Å². The number of halogens is 1. The van der Waals surface area contributed by atoms with Crippen LogP contribution in [-0.2, 0) is 14.8 Å². The van der Waals surface area contributed by atoms with Gasteiger partial charge in [-0.05, 0) is 56.0 Å². The van der Waals surface area contributed by atoms with Gasteiger partial charge in [0.15, 0.2) is 0 Å². The molecule has 146 valence electrons. The van der Waals surface area contributed by atoms with Crippen molar-refractivity contribution in [2.45, 2.75) is 40.2 Å². The molecule has 2 rings (SSSR count). The number of hydrogen-bond acceptors (Lipinski definition) is 3. The molecule has 0 aliphatic carbocycles. The van der Waals surface area contributed by atoms with Crippen LogP contribution in [0.5, 0.6) is 0 Å². The molecule has 0 aliphatic heterocycles. The van der Waals surface area contributed by atoms with E-state index in [-0.39, 0.29) is 5.91 Å². The first-order chi connectivity index (χ1) is 12.6. The summed E-state index contributed by atoms with van der Waals surface area (Å²) in [5.41, 5.74) is 3.75. The Hall–Kier alpha value is -2.05. The monoisotopic (exact) mass is 408 g/mol. The summed E-state index contributed by atoms with van der Waals surface area (Å²) in [7, 11) is -3.70. The van der Waals surface area contributed by atoms with Crippen molar-refractivity contribution < 1.29 is 13.2 Å². The molecule has 0 unspecified atom stereocenters. The minimum atomic E-state index is -3.70. The van der Waals surface area contributed by atoms with Crippen molar-refractivity contribution in [2.24, 2.45) is 0 Å². The lowest BCUT2D eigenvalue weighted by atomic mass is 10.1. The molecule has 5 nitrogen and oxygen atoms in total. The molecule has 0 radical (unpaired) electrons. The van der Waals surface area contributed by atoms with Crippen LogP contribution in [0.1, 0.15) is 30.0 Å². The van der Waals surface area contributed by atoms with Gasteiger partial charge in [-0.1, -0.05) is 42.8 Å². The quantitative estimate of drug-likeness (QED) is 0.767. The van der Waals surface area contributed by atoms with E-state index in [9.17, 15) is 13.2 Å². The zero-order valence-electron chi connectivity index (χ0n) is 16.2. The average molecular weight is 409 g/mol. The maximum atomic E-state index is 13.0. The van der Waals surface area contributed by atoms with Gasteiger partial charge in [-0.15, -0.1) is 0 Å². The second-order valence-corrected chi connectivity index (χ2v) is 8.94. The number of anilines is 2. The molecule has 0 spiro atoms. The van der Waals surface area contributed by atoms with E-state index in [0.717, 1.165) is 27.3 Å². The number of nitrogens with zero attached hydrogens (tertiary/aromatic N) is 1. The minimum Gasteiger partial charge on any atom is -0.324 e. The molecular weight excluding hydrogens is 384 g/mol. The number of carbonyl (C=O) groups is 1. The van der Waals surface area contributed by atoms with Crippen LogP contribution in [0.15, 0.2) is 36.4 Å². The van der Waals surface area contributed by atoms with Crippen LogP contribution in [0.2, 0.25) is 5.02 Å². The summed E-state index contributed by atoms with van der Waals surface area (Å²) >= 11 is 6.18. The van der Waals surface area contributed by atoms with Crippen LogP contribution in [0.3, 0.4) is 0 Å². The van der Waals surface area contributed by atoms with Crippen molar-refractivity contribution in [1.82, 2.24) is 0 Å². The van der Waals surface area contributed by atoms with Gasteiger partial charge in [0.05, 0.1) is 11.9 Å². The summed E-state index contributed by atoms with van der Waals surface area (Å²) in [4.78, 5) is 13.0. The minimum absolute atomic E-state index is 0.315. The Labute approximate surface area is 166 Å². The Balaban J connectivity index is 2.46. The fraction of sp³-hybridized carbons (Fsp3) is 0.350. The van der Waals surface area contributed by atoms with Gasteiger partial charge < -0.3 is 5.32 Å². The van der Waals surface area contributed by atoms with E-state index < -0.39 is 16.1 Å². The van der Waals surface area contributed by atoms with E-state index in [0.29, 0.717) is 22.8 Å². The number of rotatable bonds is 6. The van der Waals surface area contributed by atoms with Crippen molar-refractivity contribution in [3.05, 3.63) is 58.1 Å². The first kappa shape index (κ1) is 21.3. The van der Waals surface area contributed by atoms with Crippen LogP contribution < -0.4 is 9.62 Å². The van der Waals surface area contributed by atoms with Crippen LogP contribution >= 0.6 is 11.6 Å². The van der Waals surface area contributed by atoms with E-state index in [1.807, 2.05) is 39.0 Å². The standard InChI is InChI=1S/C20H25ClN2O3S/c1-6-18(20(24)22-19-14(3)8-7-9-15(19)4)23(27(5,25)26)16-11-10-13(2)17(21)12-16/h7-12,18H,6H2,1-5H3,(H,22,24)/t18-/m0/s1. The Morgan fingerprint density at radius 1 is 1.11 bits per heavy atom. The van der Waals surface area contributed by atoms with Crippen molar-refractivity contribution in [1.29, 1.82) is 0 Å². The third kappa shape index (κ3) is 4.82. The highest BCUT2D eigenvalue weighted by Crippen LogP contribution is 2.28. The number of amides is 1. The number of carbonyl (C=O) groups excluding carboxylic acids is 1. The number of benzene rings is 2. The number of nitrogens with one attached hydrogen (secondary N) is 1. The smallest absolute Gasteiger partial charge is 0.248 e. The normalized spacial score (nSPS) is 12.5. The van der Waals surface area contributed by atoms with Crippen LogP contribution in [0.4, 0.5) is 11.4 Å². The molecular formula is C20H25ClN2O3S. The van der Waals surface area contributed by atoms with Gasteiger partial charge in [-0.2, -0.15) is 0 Å². The molecule has 1 amide bonds. The predicted molar refractivity (Wildman–Crippen MR) is 112 cm³/mol. The molecule has 0 bridgehead atoms. The van der Waals surface area contributed by atoms with E-state index in [1.54, 1.807) is 25.1 Å². The fourth-order valence-corrected chi connectivity index (χ4v) is 4.38. The van der Waals surface area contributed by atoms with Crippen LogP contribution in [-0.4, -0.2) is 26.6 Å². The summed E-state index contributed by atoms with van der Waals surface area (Å²) in [5, 5.41) is 3.35. The van der Waals surface area contributed by atoms with Crippen molar-refractivity contribution >= 4 is 38.9 Å². The Morgan fingerprint density at radius 3 is 2.19 bits per heavy atom. The molecule has 0 saturated heterocycles. The molecule has 0 aliphatic rings. The summed E-state index contributed by atoms with van der Waals surface area (Å²) in [5.74, 6) is -0.378. The van der Waals surface area contributed by atoms with Crippen molar-refractivity contribution in [2.75, 3.05) is 15.9 Å². The van der Waals surface area contributed by atoms with Gasteiger partial charge >= 0.3 is 0 Å². The van der Waals surface area contributed by atoms with Gasteiger partial charge in [0, 0.05) is 10.7 Å². The lowest BCUT2D eigenvalue weighted by Crippen LogP contribution is -2.47. The maximum absolute atomic E-state index is 13.0. The molecule has 0 saturated carbocycles. The molecule has 7 heteroatoms. The molecule has 2 aromatic carbocycles. The third-order valence-corrected chi connectivity index (χ3v) is 6.06. The van der Waals surface area contributed by atoms with E-state index in [1.165, 1.54) is 0 Å². The molecule has 1 atom stereocenters. The highest BCUT2D eigenvalue weighted by Gasteiger charge is 2.32. The van der Waals surface area contributed by atoms with Gasteiger partial charge in [0.1, 0.15) is 6.04 Å². The lowest BCUT2D eigenvalue weighted by Gasteiger charge is -2.30. The first-order valence-electron chi connectivity index (χ1n) is 8.69. The van der Waals surface area contributed by atoms with Crippen LogP contribution in [0, 0.1) is 20.8 Å². The Bertz CT molecular complexity index is 937. The SMILES string of the molecule is CC[C@@H](C(=O)Nc1c(C)cccc1C)N(c1ccc(C)c(Cl)c1)S(C)(=O)=O. The fourth-order valence-electron chi connectivity index (χ4n) is 3.00. The largest absolute Gasteiger partial charge is 0.324 e. The van der Waals surface area contributed by atoms with Gasteiger partial charge in [0.25, 0.3) is 0 Å². The first-order valence-corrected chi connectivity index (χ1v) is 10.9. The predicted octanol–water partition coefficient (Wildman–Crippen LogP) is 4.45. The highest BCUT2D eigenvalue weighted by molar-refractivity contribution is 7.92. The van der Waals surface area contributed by atoms with E-state index >= 15 is 0 Å². The number of aryl methyl sites for hydroxylation is 3. The summed E-state index contributed by atoms with van der Waals surface area (Å²) in [6.07, 6.45) is 1.41. The van der Waals surface area contributed by atoms with Gasteiger partial charge in [-0.25, -0.2) is 8.42 Å². The van der Waals surface area contributed by atoms with E-state index in [4.69, 9.17) is 11.6 Å². The van der Waals surface area contributed by atoms with Gasteiger partial charge in [-0.3, -0.25) is 9.10 Å². The summed E-state index contributed by atoms with van der Waals surface area (Å²) < 4.78 is 26.2. The Kier molecular flexibility index (Phi) is 6.54. The zero-order valence-corrected chi connectivity index (χ0v) is 17.8. The van der Waals surface area contributed by atoms with Crippen molar-refractivity contribution in [3.63, 3.8) is 0 Å². The second-order valence-electron chi connectivity index (χ2n) is 6.67. The van der Waals surface area contributed by atoms with Crippen LogP contribution in [0.25, 0.3) is 0 Å². The number of para-hydroxylation sites is 1. The summed E-state index contributed by atoms with van der Waals surface area (Å²) in [6, 6.07) is 9.80. The van der Waals surface area contributed by atoms with Crippen molar-refractivity contribution in [3.8, 4) is 0 Å².